The van der Waals surface area contributed by atoms with Crippen molar-refractivity contribution >= 4 is 11.9 Å². The molecule has 0 saturated carbocycles. The second-order valence-electron chi connectivity index (χ2n) is 6.95. The number of hydrogen-bond donors (Lipinski definition) is 0. The number of hydrogen-bond acceptors (Lipinski definition) is 4. The summed E-state index contributed by atoms with van der Waals surface area (Å²) in [5, 5.41) is 0. The second-order valence-corrected chi connectivity index (χ2v) is 6.95. The van der Waals surface area contributed by atoms with Gasteiger partial charge in [0.2, 0.25) is 0 Å². The minimum absolute atomic E-state index is 0.0723. The summed E-state index contributed by atoms with van der Waals surface area (Å²) in [6.07, 6.45) is 3.64. The minimum Gasteiger partial charge on any atom is -0.444 e. The number of aromatic nitrogens is 1. The first kappa shape index (κ1) is 17.6. The van der Waals surface area contributed by atoms with Gasteiger partial charge >= 0.3 is 6.09 Å². The third kappa shape index (κ3) is 4.36. The lowest BCUT2D eigenvalue weighted by Gasteiger charge is -2.29. The molecule has 1 fully saturated rings. The monoisotopic (exact) mass is 319 g/mol. The van der Waals surface area contributed by atoms with Crippen LogP contribution < -0.4 is 4.90 Å². The van der Waals surface area contributed by atoms with Gasteiger partial charge in [-0.25, -0.2) is 9.78 Å². The van der Waals surface area contributed by atoms with Crippen molar-refractivity contribution in [2.75, 3.05) is 24.5 Å². The maximum absolute atomic E-state index is 12.4. The molecule has 0 aromatic carbocycles. The van der Waals surface area contributed by atoms with Gasteiger partial charge in [0.1, 0.15) is 11.4 Å². The highest BCUT2D eigenvalue weighted by Gasteiger charge is 2.33. The van der Waals surface area contributed by atoms with Crippen molar-refractivity contribution in [3.8, 4) is 0 Å². The predicted octanol–water partition coefficient (Wildman–Crippen LogP) is 4.00. The van der Waals surface area contributed by atoms with Crippen LogP contribution in [0.1, 0.15) is 59.1 Å². The maximum Gasteiger partial charge on any atom is 0.410 e. The van der Waals surface area contributed by atoms with Gasteiger partial charge in [-0.15, -0.1) is 0 Å². The molecule has 2 heterocycles. The minimum atomic E-state index is -0.463. The number of carbonyl (C=O) groups excluding carboxylic acids is 1. The van der Waals surface area contributed by atoms with E-state index in [2.05, 4.69) is 29.8 Å². The molecular weight excluding hydrogens is 290 g/mol. The normalized spacial score (nSPS) is 18.1. The van der Waals surface area contributed by atoms with Crippen LogP contribution in [0.15, 0.2) is 18.3 Å². The molecule has 23 heavy (non-hydrogen) atoms. The zero-order valence-electron chi connectivity index (χ0n) is 15.0. The van der Waals surface area contributed by atoms with E-state index < -0.39 is 5.60 Å². The number of amides is 1. The molecule has 0 radical (unpaired) electrons. The molecular formula is C18H29N3O2. The molecule has 5 heteroatoms. The number of pyridine rings is 1. The standard InChI is InChI=1S/C18H29N3O2/c1-6-20(7-2)16-11-10-14(13-19-16)15-9-8-12-21(15)17(22)23-18(3,4)5/h10-11,13,15H,6-9,12H2,1-5H3/t15-/m1/s1. The number of nitrogens with zero attached hydrogens (tertiary/aromatic N) is 3. The van der Waals surface area contributed by atoms with Crippen molar-refractivity contribution in [2.45, 2.75) is 59.1 Å². The Morgan fingerprint density at radius 2 is 2.04 bits per heavy atom. The lowest BCUT2D eigenvalue weighted by Crippen LogP contribution is -2.36. The molecule has 2 rings (SSSR count). The second kappa shape index (κ2) is 7.20. The molecule has 0 unspecified atom stereocenters. The Morgan fingerprint density at radius 1 is 1.35 bits per heavy atom. The molecule has 1 aliphatic heterocycles. The molecule has 128 valence electrons. The maximum atomic E-state index is 12.4. The zero-order valence-corrected chi connectivity index (χ0v) is 15.0. The van der Waals surface area contributed by atoms with E-state index in [9.17, 15) is 4.79 Å². The van der Waals surface area contributed by atoms with E-state index in [1.54, 1.807) is 0 Å². The fraction of sp³-hybridized carbons (Fsp3) is 0.667. The third-order valence-corrected chi connectivity index (χ3v) is 4.12. The number of anilines is 1. The van der Waals surface area contributed by atoms with Gasteiger partial charge < -0.3 is 14.5 Å². The van der Waals surface area contributed by atoms with Crippen molar-refractivity contribution in [2.24, 2.45) is 0 Å². The van der Waals surface area contributed by atoms with Crippen LogP contribution in [-0.4, -0.2) is 41.2 Å². The van der Waals surface area contributed by atoms with Crippen molar-refractivity contribution < 1.29 is 9.53 Å². The van der Waals surface area contributed by atoms with Crippen LogP contribution in [0.5, 0.6) is 0 Å². The van der Waals surface area contributed by atoms with Crippen molar-refractivity contribution in [1.82, 2.24) is 9.88 Å². The highest BCUT2D eigenvalue weighted by atomic mass is 16.6. The number of ether oxygens (including phenoxy) is 1. The van der Waals surface area contributed by atoms with E-state index in [4.69, 9.17) is 4.74 Å². The Labute approximate surface area is 139 Å². The van der Waals surface area contributed by atoms with Gasteiger partial charge in [0.05, 0.1) is 6.04 Å². The summed E-state index contributed by atoms with van der Waals surface area (Å²) in [4.78, 5) is 21.0. The van der Waals surface area contributed by atoms with Crippen LogP contribution in [-0.2, 0) is 4.74 Å². The highest BCUT2D eigenvalue weighted by molar-refractivity contribution is 5.69. The summed E-state index contributed by atoms with van der Waals surface area (Å²) < 4.78 is 5.53. The van der Waals surface area contributed by atoms with Crippen LogP contribution in [0.3, 0.4) is 0 Å². The average molecular weight is 319 g/mol. The third-order valence-electron chi connectivity index (χ3n) is 4.12. The van der Waals surface area contributed by atoms with Crippen LogP contribution in [0.25, 0.3) is 0 Å². The molecule has 0 bridgehead atoms. The average Bonchev–Trinajstić information content (AvgIpc) is 2.97. The summed E-state index contributed by atoms with van der Waals surface area (Å²) in [6.45, 7) is 12.6. The van der Waals surface area contributed by atoms with Gasteiger partial charge in [-0.1, -0.05) is 6.07 Å². The molecule has 1 amide bonds. The Bertz CT molecular complexity index is 518. The fourth-order valence-electron chi connectivity index (χ4n) is 2.98. The van der Waals surface area contributed by atoms with Gasteiger partial charge in [0.25, 0.3) is 0 Å². The van der Waals surface area contributed by atoms with Crippen LogP contribution >= 0.6 is 0 Å². The Kier molecular flexibility index (Phi) is 5.50. The van der Waals surface area contributed by atoms with E-state index in [1.165, 1.54) is 0 Å². The molecule has 1 aromatic rings. The molecule has 0 aliphatic carbocycles. The Morgan fingerprint density at radius 3 is 2.57 bits per heavy atom. The van der Waals surface area contributed by atoms with Gasteiger partial charge in [0, 0.05) is 25.8 Å². The van der Waals surface area contributed by atoms with Crippen molar-refractivity contribution in [1.29, 1.82) is 0 Å². The molecule has 0 N–H and O–H groups in total. The first-order chi connectivity index (χ1) is 10.9. The zero-order chi connectivity index (χ0) is 17.0. The van der Waals surface area contributed by atoms with Gasteiger partial charge in [-0.05, 0) is 59.1 Å². The molecule has 1 atom stereocenters. The van der Waals surface area contributed by atoms with E-state index in [0.717, 1.165) is 43.9 Å². The van der Waals surface area contributed by atoms with E-state index >= 15 is 0 Å². The summed E-state index contributed by atoms with van der Waals surface area (Å²) >= 11 is 0. The van der Waals surface area contributed by atoms with Gasteiger partial charge in [-0.2, -0.15) is 0 Å². The molecule has 0 spiro atoms. The lowest BCUT2D eigenvalue weighted by molar-refractivity contribution is 0.0224. The largest absolute Gasteiger partial charge is 0.444 e. The summed E-state index contributed by atoms with van der Waals surface area (Å²) in [5.41, 5.74) is 0.624. The number of rotatable bonds is 4. The molecule has 1 saturated heterocycles. The van der Waals surface area contributed by atoms with E-state index in [1.807, 2.05) is 37.9 Å². The quantitative estimate of drug-likeness (QED) is 0.841. The van der Waals surface area contributed by atoms with E-state index in [0.29, 0.717) is 0 Å². The fourth-order valence-corrected chi connectivity index (χ4v) is 2.98. The lowest BCUT2D eigenvalue weighted by atomic mass is 10.1. The SMILES string of the molecule is CCN(CC)c1ccc([C@H]2CCCN2C(=O)OC(C)(C)C)cn1. The van der Waals surface area contributed by atoms with E-state index in [-0.39, 0.29) is 12.1 Å². The first-order valence-corrected chi connectivity index (χ1v) is 8.56. The van der Waals surface area contributed by atoms with Crippen LogP contribution in [0, 0.1) is 0 Å². The summed E-state index contributed by atoms with van der Waals surface area (Å²) in [7, 11) is 0. The summed E-state index contributed by atoms with van der Waals surface area (Å²) in [5.74, 6) is 0.987. The highest BCUT2D eigenvalue weighted by Crippen LogP contribution is 2.33. The number of likely N-dealkylation sites (tertiary alicyclic amines) is 1. The Balaban J connectivity index is 2.12. The molecule has 1 aliphatic rings. The molecule has 1 aromatic heterocycles. The summed E-state index contributed by atoms with van der Waals surface area (Å²) in [6, 6.07) is 4.21. The predicted molar refractivity (Wildman–Crippen MR) is 92.7 cm³/mol. The smallest absolute Gasteiger partial charge is 0.410 e. The van der Waals surface area contributed by atoms with Crippen LogP contribution in [0.4, 0.5) is 10.6 Å². The Hall–Kier alpha value is -1.78. The topological polar surface area (TPSA) is 45.7 Å². The van der Waals surface area contributed by atoms with Crippen LogP contribution in [0.2, 0.25) is 0 Å². The van der Waals surface area contributed by atoms with Gasteiger partial charge in [-0.3, -0.25) is 0 Å². The number of carbonyl (C=O) groups is 1. The van der Waals surface area contributed by atoms with Crippen molar-refractivity contribution in [3.63, 3.8) is 0 Å². The van der Waals surface area contributed by atoms with Crippen molar-refractivity contribution in [3.05, 3.63) is 23.9 Å². The van der Waals surface area contributed by atoms with Gasteiger partial charge in [0.15, 0.2) is 0 Å². The molecule has 5 nitrogen and oxygen atoms in total. The first-order valence-electron chi connectivity index (χ1n) is 8.56.